The van der Waals surface area contributed by atoms with E-state index in [1.54, 1.807) is 25.4 Å². The molecule has 4 aromatic rings. The van der Waals surface area contributed by atoms with E-state index in [1.807, 2.05) is 30.5 Å². The van der Waals surface area contributed by atoms with Crippen molar-refractivity contribution in [1.82, 2.24) is 15.0 Å². The number of hydrogen-bond acceptors (Lipinski definition) is 7. The first kappa shape index (κ1) is 20.2. The molecule has 0 unspecified atom stereocenters. The van der Waals surface area contributed by atoms with Crippen molar-refractivity contribution in [2.75, 3.05) is 23.4 Å². The summed E-state index contributed by atoms with van der Waals surface area (Å²) >= 11 is 7.35. The summed E-state index contributed by atoms with van der Waals surface area (Å²) in [6.07, 6.45) is 5.09. The lowest BCUT2D eigenvalue weighted by Crippen LogP contribution is -1.99. The molecular formula is C21H17ClFN5OS. The molecule has 152 valence electrons. The van der Waals surface area contributed by atoms with Crippen LogP contribution in [-0.4, -0.2) is 28.3 Å². The zero-order valence-corrected chi connectivity index (χ0v) is 17.7. The molecule has 9 heteroatoms. The Labute approximate surface area is 182 Å². The maximum Gasteiger partial charge on any atom is 0.237 e. The van der Waals surface area contributed by atoms with Gasteiger partial charge in [0.2, 0.25) is 5.88 Å². The molecule has 6 nitrogen and oxygen atoms in total. The second kappa shape index (κ2) is 8.73. The van der Waals surface area contributed by atoms with Crippen molar-refractivity contribution in [2.45, 2.75) is 0 Å². The normalized spacial score (nSPS) is 10.8. The van der Waals surface area contributed by atoms with Crippen LogP contribution in [-0.2, 0) is 0 Å². The van der Waals surface area contributed by atoms with Gasteiger partial charge in [0.15, 0.2) is 5.82 Å². The first-order chi connectivity index (χ1) is 14.6. The average Bonchev–Trinajstić information content (AvgIpc) is 2.77. The summed E-state index contributed by atoms with van der Waals surface area (Å²) in [5.41, 5.74) is 3.53. The van der Waals surface area contributed by atoms with Crippen LogP contribution in [0.15, 0.2) is 55.0 Å². The number of halogens is 2. The molecule has 0 aliphatic carbocycles. The van der Waals surface area contributed by atoms with E-state index in [0.29, 0.717) is 11.7 Å². The molecule has 2 heterocycles. The van der Waals surface area contributed by atoms with Gasteiger partial charge in [0.1, 0.15) is 17.8 Å². The summed E-state index contributed by atoms with van der Waals surface area (Å²) in [6.45, 7) is 0. The smallest absolute Gasteiger partial charge is 0.237 e. The van der Waals surface area contributed by atoms with Crippen molar-refractivity contribution in [3.05, 3.63) is 65.8 Å². The molecule has 0 radical (unpaired) electrons. The molecule has 0 aliphatic rings. The van der Waals surface area contributed by atoms with Crippen LogP contribution in [0, 0.1) is 5.82 Å². The van der Waals surface area contributed by atoms with E-state index < -0.39 is 5.82 Å². The number of benzene rings is 2. The van der Waals surface area contributed by atoms with Crippen molar-refractivity contribution in [2.24, 2.45) is 0 Å². The second-order valence-electron chi connectivity index (χ2n) is 6.27. The number of pyridine rings is 1. The Hall–Kier alpha value is -3.10. The zero-order valence-electron chi connectivity index (χ0n) is 16.1. The number of aromatic nitrogens is 3. The molecule has 4 rings (SSSR count). The van der Waals surface area contributed by atoms with Gasteiger partial charge in [-0.05, 0) is 35.9 Å². The van der Waals surface area contributed by atoms with Gasteiger partial charge in [-0.2, -0.15) is 0 Å². The molecule has 0 bridgehead atoms. The second-order valence-corrected chi connectivity index (χ2v) is 7.29. The predicted molar refractivity (Wildman–Crippen MR) is 121 cm³/mol. The first-order valence-corrected chi connectivity index (χ1v) is 10.5. The van der Waals surface area contributed by atoms with E-state index >= 15 is 0 Å². The lowest BCUT2D eigenvalue weighted by atomic mass is 10.0. The Balaban J connectivity index is 1.78. The zero-order chi connectivity index (χ0) is 21.1. The van der Waals surface area contributed by atoms with Crippen molar-refractivity contribution < 1.29 is 9.13 Å². The van der Waals surface area contributed by atoms with Crippen LogP contribution in [0.5, 0.6) is 5.88 Å². The van der Waals surface area contributed by atoms with E-state index in [-0.39, 0.29) is 10.7 Å². The molecule has 2 aromatic carbocycles. The predicted octanol–water partition coefficient (Wildman–Crippen LogP) is 5.93. The lowest BCUT2D eigenvalue weighted by Gasteiger charge is -2.12. The third kappa shape index (κ3) is 3.96. The maximum absolute atomic E-state index is 14.4. The third-order valence-corrected chi connectivity index (χ3v) is 5.15. The molecule has 2 aromatic heterocycles. The first-order valence-electron chi connectivity index (χ1n) is 8.90. The van der Waals surface area contributed by atoms with Crippen LogP contribution in [0.2, 0.25) is 5.02 Å². The van der Waals surface area contributed by atoms with E-state index in [1.165, 1.54) is 24.3 Å². The lowest BCUT2D eigenvalue weighted by molar-refractivity contribution is 0.400. The molecule has 0 atom stereocenters. The minimum Gasteiger partial charge on any atom is -0.480 e. The number of anilines is 3. The van der Waals surface area contributed by atoms with E-state index in [4.69, 9.17) is 16.3 Å². The van der Waals surface area contributed by atoms with Crippen LogP contribution >= 0.6 is 23.5 Å². The number of nitrogens with zero attached hydrogens (tertiary/aromatic N) is 3. The number of ether oxygens (including phenoxy) is 1. The van der Waals surface area contributed by atoms with E-state index in [9.17, 15) is 4.39 Å². The quantitative estimate of drug-likeness (QED) is 0.359. The van der Waals surface area contributed by atoms with Crippen LogP contribution in [0.3, 0.4) is 0 Å². The summed E-state index contributed by atoms with van der Waals surface area (Å²) in [4.78, 5) is 13.0. The van der Waals surface area contributed by atoms with E-state index in [0.717, 1.165) is 27.7 Å². The Morgan fingerprint density at radius 1 is 1.03 bits per heavy atom. The molecule has 0 amide bonds. The van der Waals surface area contributed by atoms with Crippen LogP contribution in [0.4, 0.5) is 21.6 Å². The van der Waals surface area contributed by atoms with Gasteiger partial charge in [-0.25, -0.2) is 19.3 Å². The largest absolute Gasteiger partial charge is 0.480 e. The highest BCUT2D eigenvalue weighted by atomic mass is 35.5. The molecule has 0 saturated carbocycles. The molecule has 0 aliphatic heterocycles. The fourth-order valence-electron chi connectivity index (χ4n) is 3.02. The van der Waals surface area contributed by atoms with Crippen molar-refractivity contribution in [3.63, 3.8) is 0 Å². The van der Waals surface area contributed by atoms with Crippen molar-refractivity contribution >= 4 is 51.6 Å². The Morgan fingerprint density at radius 2 is 1.90 bits per heavy atom. The van der Waals surface area contributed by atoms with Crippen molar-refractivity contribution in [1.29, 1.82) is 0 Å². The monoisotopic (exact) mass is 441 g/mol. The highest BCUT2D eigenvalue weighted by Gasteiger charge is 2.12. The molecule has 0 saturated heterocycles. The standard InChI is InChI=1S/C21H17ClFN5OS/c1-29-21-18(28-30-2)9-13(10-24-21)12-6-7-16-14(8-12)20(26-11-25-16)27-17-5-3-4-15(22)19(17)23/h3-11,28H,1-2H3,(H,25,26,27). The fourth-order valence-corrected chi connectivity index (χ4v) is 3.56. The topological polar surface area (TPSA) is 72.0 Å². The SMILES string of the molecule is COc1ncc(-c2ccc3ncnc(Nc4cccc(Cl)c4F)c3c2)cc1NSC. The molecular weight excluding hydrogens is 425 g/mol. The number of nitrogens with one attached hydrogen (secondary N) is 2. The summed E-state index contributed by atoms with van der Waals surface area (Å²) in [5, 5.41) is 3.80. The number of methoxy groups -OCH3 is 1. The van der Waals surface area contributed by atoms with Crippen molar-refractivity contribution in [3.8, 4) is 17.0 Å². The highest BCUT2D eigenvalue weighted by Crippen LogP contribution is 2.33. The van der Waals surface area contributed by atoms with Gasteiger partial charge in [-0.1, -0.05) is 35.7 Å². The summed E-state index contributed by atoms with van der Waals surface area (Å²) in [5.74, 6) is 0.456. The molecule has 0 fully saturated rings. The summed E-state index contributed by atoms with van der Waals surface area (Å²) in [6, 6.07) is 12.5. The number of fused-ring (bicyclic) bond motifs is 1. The van der Waals surface area contributed by atoms with Gasteiger partial charge >= 0.3 is 0 Å². The number of hydrogen-bond donors (Lipinski definition) is 2. The van der Waals surface area contributed by atoms with Gasteiger partial charge < -0.3 is 14.8 Å². The Bertz CT molecular complexity index is 1220. The fraction of sp³-hybridized carbons (Fsp3) is 0.0952. The van der Waals surface area contributed by atoms with Gasteiger partial charge in [0, 0.05) is 23.4 Å². The Morgan fingerprint density at radius 3 is 2.70 bits per heavy atom. The summed E-state index contributed by atoms with van der Waals surface area (Å²) in [7, 11) is 1.58. The molecule has 0 spiro atoms. The summed E-state index contributed by atoms with van der Waals surface area (Å²) < 4.78 is 22.8. The number of rotatable bonds is 6. The third-order valence-electron chi connectivity index (χ3n) is 4.43. The Kier molecular flexibility index (Phi) is 5.87. The van der Waals surface area contributed by atoms with Gasteiger partial charge in [-0.3, -0.25) is 0 Å². The molecule has 2 N–H and O–H groups in total. The van der Waals surface area contributed by atoms with E-state index in [2.05, 4.69) is 25.0 Å². The molecule has 30 heavy (non-hydrogen) atoms. The average molecular weight is 442 g/mol. The van der Waals surface area contributed by atoms with Crippen LogP contribution in [0.1, 0.15) is 0 Å². The van der Waals surface area contributed by atoms with Gasteiger partial charge in [0.05, 0.1) is 23.3 Å². The maximum atomic E-state index is 14.4. The minimum atomic E-state index is -0.533. The highest BCUT2D eigenvalue weighted by molar-refractivity contribution is 7.99. The van der Waals surface area contributed by atoms with Gasteiger partial charge in [0.25, 0.3) is 0 Å². The van der Waals surface area contributed by atoms with Gasteiger partial charge in [-0.15, -0.1) is 0 Å². The minimum absolute atomic E-state index is 0.0391. The van der Waals surface area contributed by atoms with Crippen LogP contribution in [0.25, 0.3) is 22.0 Å². The van der Waals surface area contributed by atoms with Crippen LogP contribution < -0.4 is 14.8 Å².